The molecule has 39 heavy (non-hydrogen) atoms. The monoisotopic (exact) mass is 599 g/mol. The number of piperazine rings is 1. The van der Waals surface area contributed by atoms with E-state index in [1.807, 2.05) is 37.5 Å². The van der Waals surface area contributed by atoms with Crippen LogP contribution in [0.25, 0.3) is 5.69 Å². The van der Waals surface area contributed by atoms with Crippen molar-refractivity contribution in [3.05, 3.63) is 76.1 Å². The molecule has 0 bridgehead atoms. The molecule has 2 heterocycles. The average Bonchev–Trinajstić information content (AvgIpc) is 3.21. The largest absolute Gasteiger partial charge is 0.390 e. The molecule has 0 spiro atoms. The van der Waals surface area contributed by atoms with E-state index in [0.29, 0.717) is 24.4 Å². The van der Waals surface area contributed by atoms with E-state index in [1.165, 1.54) is 12.1 Å². The van der Waals surface area contributed by atoms with Crippen molar-refractivity contribution in [1.82, 2.24) is 19.8 Å². The van der Waals surface area contributed by atoms with Crippen LogP contribution in [0.15, 0.2) is 42.5 Å². The highest BCUT2D eigenvalue weighted by Crippen LogP contribution is 2.27. The number of β-amino-alcohol motifs (C(OH)–C–C–N with tert-alkyl or cyclic N) is 1. The maximum atomic E-state index is 13.4. The van der Waals surface area contributed by atoms with E-state index in [2.05, 4.69) is 26.2 Å². The third-order valence-corrected chi connectivity index (χ3v) is 7.28. The smallest absolute Gasteiger partial charge is 0.271 e. The molecule has 1 aliphatic rings. The van der Waals surface area contributed by atoms with Gasteiger partial charge in [-0.1, -0.05) is 24.6 Å². The number of aliphatic hydroxyl groups excluding tert-OH is 1. The Morgan fingerprint density at radius 1 is 1.10 bits per heavy atom. The molecule has 0 radical (unpaired) electrons. The zero-order chi connectivity index (χ0) is 26.5. The molecule has 4 rings (SSSR count). The van der Waals surface area contributed by atoms with Crippen molar-refractivity contribution >= 4 is 48.0 Å². The number of anilines is 1. The fourth-order valence-corrected chi connectivity index (χ4v) is 5.04. The quantitative estimate of drug-likeness (QED) is 0.362. The summed E-state index contributed by atoms with van der Waals surface area (Å²) in [4.78, 5) is 22.1. The van der Waals surface area contributed by atoms with E-state index >= 15 is 0 Å². The third-order valence-electron chi connectivity index (χ3n) is 6.87. The van der Waals surface area contributed by atoms with E-state index in [1.54, 1.807) is 12.1 Å². The van der Waals surface area contributed by atoms with Crippen LogP contribution < -0.4 is 10.2 Å². The summed E-state index contributed by atoms with van der Waals surface area (Å²) in [5, 5.41) is 14.2. The first-order chi connectivity index (χ1) is 17.8. The number of aliphatic hydroxyl groups is 1. The van der Waals surface area contributed by atoms with Crippen LogP contribution in [0, 0.1) is 19.7 Å². The van der Waals surface area contributed by atoms with Crippen LogP contribution in [0.2, 0.25) is 5.02 Å². The van der Waals surface area contributed by atoms with Crippen LogP contribution in [-0.2, 0) is 6.42 Å². The van der Waals surface area contributed by atoms with Gasteiger partial charge in [0, 0.05) is 62.1 Å². The molecule has 2 N–H and O–H groups in total. The molecule has 1 aromatic heterocycles. The van der Waals surface area contributed by atoms with Gasteiger partial charge in [0.25, 0.3) is 5.91 Å². The Morgan fingerprint density at radius 2 is 1.77 bits per heavy atom. The molecular weight excluding hydrogens is 564 g/mol. The molecule has 214 valence electrons. The third kappa shape index (κ3) is 7.86. The summed E-state index contributed by atoms with van der Waals surface area (Å²) in [6.07, 6.45) is 0.856. The number of rotatable bonds is 9. The first kappa shape index (κ1) is 32.8. The molecule has 1 fully saturated rings. The van der Waals surface area contributed by atoms with Crippen molar-refractivity contribution in [1.29, 1.82) is 0 Å². The van der Waals surface area contributed by atoms with Gasteiger partial charge in [0.1, 0.15) is 17.3 Å². The standard InChI is InChI=1S/C28H35ClFN5O2.2ClH/c1-4-6-26-32-27(20(3)35(26)22-11-9-21(30)10-12-22)28(37)31-17-23(36)18-33-13-15-34(16-14-33)25-8-5-7-24(29)19(25)2;;/h5,7-12,23,36H,4,6,13-18H2,1-3H3,(H,31,37);2*1H. The molecule has 7 nitrogen and oxygen atoms in total. The predicted octanol–water partition coefficient (Wildman–Crippen LogP) is 4.99. The highest BCUT2D eigenvalue weighted by Gasteiger charge is 2.23. The second-order valence-electron chi connectivity index (χ2n) is 9.56. The molecule has 0 saturated carbocycles. The number of carbonyl (C=O) groups excluding carboxylic acids is 1. The number of nitrogens with one attached hydrogen (secondary N) is 1. The molecular formula is C28H37Cl3FN5O2. The lowest BCUT2D eigenvalue weighted by atomic mass is 10.1. The molecule has 1 amide bonds. The molecule has 1 atom stereocenters. The lowest BCUT2D eigenvalue weighted by Gasteiger charge is -2.37. The number of aromatic nitrogens is 2. The van der Waals surface area contributed by atoms with Crippen LogP contribution in [0.4, 0.5) is 10.1 Å². The van der Waals surface area contributed by atoms with Crippen molar-refractivity contribution in [2.24, 2.45) is 0 Å². The van der Waals surface area contributed by atoms with E-state index in [9.17, 15) is 14.3 Å². The lowest BCUT2D eigenvalue weighted by Crippen LogP contribution is -2.50. The minimum Gasteiger partial charge on any atom is -0.390 e. The second kappa shape index (κ2) is 14.9. The van der Waals surface area contributed by atoms with Crippen molar-refractivity contribution in [2.75, 3.05) is 44.2 Å². The van der Waals surface area contributed by atoms with Crippen LogP contribution in [0.5, 0.6) is 0 Å². The summed E-state index contributed by atoms with van der Waals surface area (Å²) in [5.41, 5.74) is 4.01. The number of halogens is 4. The van der Waals surface area contributed by atoms with Crippen LogP contribution in [0.1, 0.15) is 40.9 Å². The van der Waals surface area contributed by atoms with Crippen molar-refractivity contribution in [2.45, 2.75) is 39.7 Å². The Hall–Kier alpha value is -2.36. The molecule has 1 unspecified atom stereocenters. The van der Waals surface area contributed by atoms with Gasteiger partial charge >= 0.3 is 0 Å². The van der Waals surface area contributed by atoms with E-state index < -0.39 is 6.10 Å². The fraction of sp³-hybridized carbons (Fsp3) is 0.429. The Labute approximate surface area is 247 Å². The van der Waals surface area contributed by atoms with E-state index in [0.717, 1.165) is 60.4 Å². The number of carbonyl (C=O) groups is 1. The number of amides is 1. The van der Waals surface area contributed by atoms with Crippen LogP contribution >= 0.6 is 36.4 Å². The Balaban J connectivity index is 0.00000267. The van der Waals surface area contributed by atoms with Gasteiger partial charge in [-0.3, -0.25) is 9.69 Å². The van der Waals surface area contributed by atoms with Crippen molar-refractivity contribution in [3.8, 4) is 5.69 Å². The minimum atomic E-state index is -0.696. The van der Waals surface area contributed by atoms with E-state index in [4.69, 9.17) is 11.6 Å². The maximum Gasteiger partial charge on any atom is 0.271 e. The normalized spacial score (nSPS) is 14.4. The van der Waals surface area contributed by atoms with Gasteiger partial charge in [0.2, 0.25) is 0 Å². The number of hydrogen-bond acceptors (Lipinski definition) is 5. The first-order valence-corrected chi connectivity index (χ1v) is 13.2. The molecule has 3 aromatic rings. The first-order valence-electron chi connectivity index (χ1n) is 12.8. The van der Waals surface area contributed by atoms with Crippen molar-refractivity contribution in [3.63, 3.8) is 0 Å². The summed E-state index contributed by atoms with van der Waals surface area (Å²) in [6.45, 7) is 9.86. The molecule has 2 aromatic carbocycles. The highest BCUT2D eigenvalue weighted by molar-refractivity contribution is 6.31. The Morgan fingerprint density at radius 3 is 2.41 bits per heavy atom. The topological polar surface area (TPSA) is 73.6 Å². The Bertz CT molecular complexity index is 1230. The number of benzene rings is 2. The number of nitrogens with zero attached hydrogens (tertiary/aromatic N) is 4. The van der Waals surface area contributed by atoms with Gasteiger partial charge in [-0.2, -0.15) is 0 Å². The summed E-state index contributed by atoms with van der Waals surface area (Å²) >= 11 is 6.28. The molecule has 1 saturated heterocycles. The zero-order valence-corrected chi connectivity index (χ0v) is 24.9. The van der Waals surface area contributed by atoms with Gasteiger partial charge in [-0.05, 0) is 62.2 Å². The SMILES string of the molecule is CCCc1nc(C(=O)NCC(O)CN2CCN(c3cccc(Cl)c3C)CC2)c(C)n1-c1ccc(F)cc1.Cl.Cl. The molecule has 11 heteroatoms. The molecule has 1 aliphatic heterocycles. The van der Waals surface area contributed by atoms with Gasteiger partial charge < -0.3 is 19.9 Å². The summed E-state index contributed by atoms with van der Waals surface area (Å²) in [5.74, 6) is 0.118. The second-order valence-corrected chi connectivity index (χ2v) is 9.97. The minimum absolute atomic E-state index is 0. The highest BCUT2D eigenvalue weighted by atomic mass is 35.5. The van der Waals surface area contributed by atoms with Gasteiger partial charge in [0.05, 0.1) is 11.8 Å². The van der Waals surface area contributed by atoms with Crippen LogP contribution in [0.3, 0.4) is 0 Å². The van der Waals surface area contributed by atoms with Gasteiger partial charge in [-0.25, -0.2) is 9.37 Å². The number of imidazole rings is 1. The predicted molar refractivity (Wildman–Crippen MR) is 160 cm³/mol. The van der Waals surface area contributed by atoms with Gasteiger partial charge in [0.15, 0.2) is 0 Å². The fourth-order valence-electron chi connectivity index (χ4n) is 4.87. The van der Waals surface area contributed by atoms with Crippen molar-refractivity contribution < 1.29 is 14.3 Å². The van der Waals surface area contributed by atoms with Crippen LogP contribution in [-0.4, -0.2) is 70.8 Å². The maximum absolute atomic E-state index is 13.4. The number of hydrogen-bond donors (Lipinski definition) is 2. The average molecular weight is 601 g/mol. The van der Waals surface area contributed by atoms with E-state index in [-0.39, 0.29) is 43.1 Å². The lowest BCUT2D eigenvalue weighted by molar-refractivity contribution is 0.0847. The van der Waals surface area contributed by atoms with Gasteiger partial charge in [-0.15, -0.1) is 24.8 Å². The summed E-state index contributed by atoms with van der Waals surface area (Å²) in [6, 6.07) is 12.1. The zero-order valence-electron chi connectivity index (χ0n) is 22.5. The Kier molecular flexibility index (Phi) is 12.5. The molecule has 0 aliphatic carbocycles. The summed E-state index contributed by atoms with van der Waals surface area (Å²) < 4.78 is 15.3. The number of aryl methyl sites for hydroxylation is 1. The summed E-state index contributed by atoms with van der Waals surface area (Å²) in [7, 11) is 0.